The van der Waals surface area contributed by atoms with Gasteiger partial charge in [0.15, 0.2) is 12.4 Å². The Labute approximate surface area is 587 Å². The van der Waals surface area contributed by atoms with Crippen LogP contribution in [0, 0.1) is 0 Å². The number of likely N-dealkylation sites (N-methyl/N-ethyl adjacent to an activating group) is 1. The number of carboxylic acid groups (broad SMARTS) is 1. The molecule has 0 amide bonds. The van der Waals surface area contributed by atoms with Crippen molar-refractivity contribution < 1.29 is 42.9 Å². The van der Waals surface area contributed by atoms with Gasteiger partial charge in [-0.3, -0.25) is 9.59 Å². The van der Waals surface area contributed by atoms with Gasteiger partial charge in [0.2, 0.25) is 0 Å². The van der Waals surface area contributed by atoms with Crippen molar-refractivity contribution in [2.45, 2.75) is 360 Å². The standard InChI is InChI=1S/C86H149NO8/c1-6-8-10-12-14-16-18-20-22-24-26-28-30-32-34-36-38-40-41-42-43-45-47-49-51-53-55-57-59-61-63-65-67-69-71-73-75-77-84(89)95-82(81-94-86(85(90)91)92-79-78-87(3,4)5)80-93-83(88)76-74-72-70-68-66-64-62-60-58-56-54-52-50-48-46-44-39-37-35-33-31-29-27-25-23-21-19-17-15-13-11-9-7-2/h8-11,14-17,20-23,26-29,32-35,82,86H,6-7,12-13,18-19,24-25,30-31,36-81H2,1-5H3/b10-8-,11-9-,16-14-,17-15-,22-20-,23-21-,28-26-,29-27-,34-32-,35-33-. The summed E-state index contributed by atoms with van der Waals surface area (Å²) in [7, 11) is 5.94. The van der Waals surface area contributed by atoms with E-state index in [0.29, 0.717) is 23.9 Å². The summed E-state index contributed by atoms with van der Waals surface area (Å²) >= 11 is 0. The molecule has 0 aliphatic rings. The Bertz CT molecular complexity index is 1980. The average molecular weight is 1330 g/mol. The number of allylic oxidation sites excluding steroid dienone is 20. The third-order valence-corrected chi connectivity index (χ3v) is 17.2. The van der Waals surface area contributed by atoms with E-state index in [1.54, 1.807) is 0 Å². The van der Waals surface area contributed by atoms with Crippen LogP contribution in [-0.2, 0) is 33.3 Å². The Morgan fingerprint density at radius 2 is 0.568 bits per heavy atom. The van der Waals surface area contributed by atoms with Gasteiger partial charge in [0.05, 0.1) is 40.3 Å². The third kappa shape index (κ3) is 76.9. The van der Waals surface area contributed by atoms with Gasteiger partial charge in [-0.25, -0.2) is 0 Å². The van der Waals surface area contributed by atoms with Crippen molar-refractivity contribution in [1.82, 2.24) is 0 Å². The highest BCUT2D eigenvalue weighted by Crippen LogP contribution is 2.19. The molecule has 2 atom stereocenters. The first-order chi connectivity index (χ1) is 46.6. The van der Waals surface area contributed by atoms with Crippen molar-refractivity contribution in [3.63, 3.8) is 0 Å². The zero-order valence-electron chi connectivity index (χ0n) is 62.5. The van der Waals surface area contributed by atoms with Crippen molar-refractivity contribution in [3.05, 3.63) is 122 Å². The summed E-state index contributed by atoms with van der Waals surface area (Å²) in [5, 5.41) is 11.9. The number of ether oxygens (including phenoxy) is 4. The lowest BCUT2D eigenvalue weighted by Gasteiger charge is -2.26. The Morgan fingerprint density at radius 1 is 0.316 bits per heavy atom. The third-order valence-electron chi connectivity index (χ3n) is 17.2. The summed E-state index contributed by atoms with van der Waals surface area (Å²) in [6.07, 6.45) is 105. The normalized spacial score (nSPS) is 13.3. The van der Waals surface area contributed by atoms with E-state index in [1.807, 2.05) is 21.1 Å². The molecule has 0 fully saturated rings. The number of nitrogens with zero attached hydrogens (tertiary/aromatic N) is 1. The van der Waals surface area contributed by atoms with Crippen LogP contribution in [0.3, 0.4) is 0 Å². The molecule has 0 rings (SSSR count). The quantitative estimate of drug-likeness (QED) is 0.0195. The first-order valence-electron chi connectivity index (χ1n) is 39.7. The second kappa shape index (κ2) is 75.5. The van der Waals surface area contributed by atoms with E-state index in [0.717, 1.165) is 96.3 Å². The number of hydrogen-bond donors (Lipinski definition) is 0. The maximum Gasteiger partial charge on any atom is 0.306 e. The van der Waals surface area contributed by atoms with Crippen LogP contribution in [0.1, 0.15) is 348 Å². The van der Waals surface area contributed by atoms with Crippen LogP contribution in [0.15, 0.2) is 122 Å². The molecule has 0 aromatic carbocycles. The van der Waals surface area contributed by atoms with Gasteiger partial charge >= 0.3 is 11.9 Å². The molecule has 0 bridgehead atoms. The molecule has 0 aromatic heterocycles. The van der Waals surface area contributed by atoms with Crippen LogP contribution in [-0.4, -0.2) is 82.3 Å². The first-order valence-corrected chi connectivity index (χ1v) is 39.7. The van der Waals surface area contributed by atoms with Gasteiger partial charge in [0.1, 0.15) is 13.2 Å². The smallest absolute Gasteiger partial charge is 0.306 e. The largest absolute Gasteiger partial charge is 0.545 e. The minimum absolute atomic E-state index is 0.146. The van der Waals surface area contributed by atoms with E-state index in [4.69, 9.17) is 18.9 Å². The Hall–Kier alpha value is -4.31. The molecule has 0 saturated heterocycles. The lowest BCUT2D eigenvalue weighted by atomic mass is 10.0. The molecule has 95 heavy (non-hydrogen) atoms. The fraction of sp³-hybridized carbons (Fsp3) is 0.733. The maximum absolute atomic E-state index is 13.0. The molecule has 0 saturated carbocycles. The topological polar surface area (TPSA) is 111 Å². The fourth-order valence-corrected chi connectivity index (χ4v) is 11.2. The number of carbonyl (C=O) groups is 3. The van der Waals surface area contributed by atoms with Gasteiger partial charge in [0.25, 0.3) is 0 Å². The molecular weight excluding hydrogens is 1170 g/mol. The minimum Gasteiger partial charge on any atom is -0.545 e. The van der Waals surface area contributed by atoms with Gasteiger partial charge in [0, 0.05) is 12.8 Å². The number of unbranched alkanes of at least 4 members (excludes halogenated alkanes) is 38. The molecule has 0 heterocycles. The first kappa shape index (κ1) is 90.7. The van der Waals surface area contributed by atoms with Crippen LogP contribution < -0.4 is 5.11 Å². The summed E-state index contributed by atoms with van der Waals surface area (Å²) in [5.74, 6) is -2.27. The highest BCUT2D eigenvalue weighted by atomic mass is 16.7. The van der Waals surface area contributed by atoms with Crippen LogP contribution in [0.5, 0.6) is 0 Å². The molecule has 0 aromatic rings. The maximum atomic E-state index is 13.0. The van der Waals surface area contributed by atoms with Crippen molar-refractivity contribution in [2.75, 3.05) is 47.5 Å². The summed E-state index contributed by atoms with van der Waals surface area (Å²) in [6.45, 7) is 4.56. The zero-order valence-corrected chi connectivity index (χ0v) is 62.5. The number of carboxylic acids is 1. The summed E-state index contributed by atoms with van der Waals surface area (Å²) in [6, 6.07) is 0. The van der Waals surface area contributed by atoms with Gasteiger partial charge < -0.3 is 33.3 Å². The lowest BCUT2D eigenvalue weighted by molar-refractivity contribution is -0.870. The minimum atomic E-state index is -1.63. The molecule has 9 nitrogen and oxygen atoms in total. The second-order valence-electron chi connectivity index (χ2n) is 27.6. The van der Waals surface area contributed by atoms with Crippen molar-refractivity contribution in [2.24, 2.45) is 0 Å². The number of quaternary nitrogens is 1. The van der Waals surface area contributed by atoms with Crippen molar-refractivity contribution in [1.29, 1.82) is 0 Å². The molecule has 0 radical (unpaired) electrons. The highest BCUT2D eigenvalue weighted by molar-refractivity contribution is 5.70. The molecule has 0 aliphatic heterocycles. The number of aliphatic carboxylic acids is 1. The van der Waals surface area contributed by atoms with Gasteiger partial charge in [-0.1, -0.05) is 354 Å². The molecule has 0 N–H and O–H groups in total. The molecular formula is C86H149NO8. The van der Waals surface area contributed by atoms with E-state index in [-0.39, 0.29) is 32.2 Å². The number of carbonyl (C=O) groups excluding carboxylic acids is 3. The van der Waals surface area contributed by atoms with Crippen LogP contribution in [0.4, 0.5) is 0 Å². The zero-order chi connectivity index (χ0) is 69.0. The predicted molar refractivity (Wildman–Crippen MR) is 407 cm³/mol. The monoisotopic (exact) mass is 1320 g/mol. The summed E-state index contributed by atoms with van der Waals surface area (Å²) in [5.41, 5.74) is 0. The summed E-state index contributed by atoms with van der Waals surface area (Å²) < 4.78 is 22.9. The molecule has 546 valence electrons. The van der Waals surface area contributed by atoms with E-state index in [2.05, 4.69) is 135 Å². The Kier molecular flexibility index (Phi) is 72.0. The van der Waals surface area contributed by atoms with Gasteiger partial charge in [-0.05, 0) is 103 Å². The second-order valence-corrected chi connectivity index (χ2v) is 27.6. The van der Waals surface area contributed by atoms with Crippen LogP contribution in [0.25, 0.3) is 0 Å². The van der Waals surface area contributed by atoms with Crippen LogP contribution >= 0.6 is 0 Å². The van der Waals surface area contributed by atoms with Gasteiger partial charge in [-0.15, -0.1) is 0 Å². The fourth-order valence-electron chi connectivity index (χ4n) is 11.2. The Morgan fingerprint density at radius 3 is 0.842 bits per heavy atom. The summed E-state index contributed by atoms with van der Waals surface area (Å²) in [4.78, 5) is 37.6. The van der Waals surface area contributed by atoms with E-state index in [1.165, 1.54) is 218 Å². The molecule has 2 unspecified atom stereocenters. The molecule has 9 heteroatoms. The van der Waals surface area contributed by atoms with Crippen molar-refractivity contribution >= 4 is 17.9 Å². The highest BCUT2D eigenvalue weighted by Gasteiger charge is 2.22. The SMILES string of the molecule is CC/C=C\C/C=C\C/C=C\C/C=C\C/C=C\CCCCCCCCCCCCCCCCCCCCCCCC(=O)OC(COC(=O)CCCCCCCCCCCCCCCCCCC/C=C\C/C=C\C/C=C\C/C=C\C/C=C\CC)COC(OCC[N+](C)(C)C)C(=O)[O-]. The van der Waals surface area contributed by atoms with Crippen LogP contribution in [0.2, 0.25) is 0 Å². The van der Waals surface area contributed by atoms with E-state index >= 15 is 0 Å². The Balaban J connectivity index is 4.01. The van der Waals surface area contributed by atoms with Crippen molar-refractivity contribution in [3.8, 4) is 0 Å². The lowest BCUT2D eigenvalue weighted by Crippen LogP contribution is -2.44. The van der Waals surface area contributed by atoms with E-state index < -0.39 is 24.3 Å². The van der Waals surface area contributed by atoms with E-state index in [9.17, 15) is 19.5 Å². The molecule has 0 spiro atoms. The molecule has 0 aliphatic carbocycles. The number of rotatable bonds is 73. The average Bonchev–Trinajstić information content (AvgIpc) is 3.75. The number of hydrogen-bond acceptors (Lipinski definition) is 8. The predicted octanol–water partition coefficient (Wildman–Crippen LogP) is 24.1. The van der Waals surface area contributed by atoms with Gasteiger partial charge in [-0.2, -0.15) is 0 Å². The number of esters is 2.